The number of carbonyl (C=O) groups is 2. The van der Waals surface area contributed by atoms with Gasteiger partial charge in [-0.3, -0.25) is 4.79 Å². The molecular weight excluding hydrogens is 320 g/mol. The molecule has 0 bridgehead atoms. The van der Waals surface area contributed by atoms with Gasteiger partial charge in [0.2, 0.25) is 0 Å². The number of rotatable bonds is 5. The number of esters is 2. The Labute approximate surface area is 147 Å². The Kier molecular flexibility index (Phi) is 5.80. The van der Waals surface area contributed by atoms with E-state index in [-0.39, 0.29) is 23.7 Å². The van der Waals surface area contributed by atoms with E-state index in [1.165, 1.54) is 6.92 Å². The zero-order valence-corrected chi connectivity index (χ0v) is 14.9. The van der Waals surface area contributed by atoms with Crippen molar-refractivity contribution in [2.45, 2.75) is 34.1 Å². The van der Waals surface area contributed by atoms with Crippen LogP contribution in [0.4, 0.5) is 0 Å². The van der Waals surface area contributed by atoms with Gasteiger partial charge in [-0.25, -0.2) is 4.79 Å². The molecule has 0 heterocycles. The predicted molar refractivity (Wildman–Crippen MR) is 94.9 cm³/mol. The first-order valence-electron chi connectivity index (χ1n) is 8.21. The maximum atomic E-state index is 12.3. The van der Waals surface area contributed by atoms with Crippen molar-refractivity contribution in [1.82, 2.24) is 0 Å². The second-order valence-corrected chi connectivity index (χ2v) is 5.56. The number of phenols is 1. The fraction of sp³-hybridized carbons (Fsp3) is 0.300. The Hall–Kier alpha value is -2.82. The van der Waals surface area contributed by atoms with Crippen molar-refractivity contribution in [2.75, 3.05) is 6.61 Å². The number of benzene rings is 2. The summed E-state index contributed by atoms with van der Waals surface area (Å²) in [5.74, 6) is -0.993. The lowest BCUT2D eigenvalue weighted by molar-refractivity contribution is -0.131. The summed E-state index contributed by atoms with van der Waals surface area (Å²) in [6, 6.07) is 9.32. The Balaban J connectivity index is 2.86. The van der Waals surface area contributed by atoms with E-state index in [9.17, 15) is 14.7 Å². The first kappa shape index (κ1) is 18.5. The molecule has 2 aromatic carbocycles. The van der Waals surface area contributed by atoms with Gasteiger partial charge >= 0.3 is 11.9 Å². The van der Waals surface area contributed by atoms with Crippen LogP contribution in [0.3, 0.4) is 0 Å². The quantitative estimate of drug-likeness (QED) is 0.656. The zero-order valence-electron chi connectivity index (χ0n) is 14.9. The summed E-state index contributed by atoms with van der Waals surface area (Å²) >= 11 is 0. The Morgan fingerprint density at radius 2 is 1.76 bits per heavy atom. The summed E-state index contributed by atoms with van der Waals surface area (Å²) in [5.41, 5.74) is 2.36. The number of hydrogen-bond acceptors (Lipinski definition) is 5. The molecule has 5 heteroatoms. The highest BCUT2D eigenvalue weighted by Gasteiger charge is 2.28. The summed E-state index contributed by atoms with van der Waals surface area (Å²) in [7, 11) is 0. The van der Waals surface area contributed by atoms with Crippen LogP contribution in [0.15, 0.2) is 30.3 Å². The van der Waals surface area contributed by atoms with Crippen LogP contribution in [-0.4, -0.2) is 23.7 Å². The molecule has 5 nitrogen and oxygen atoms in total. The monoisotopic (exact) mass is 342 g/mol. The highest BCUT2D eigenvalue weighted by Crippen LogP contribution is 2.44. The lowest BCUT2D eigenvalue weighted by Crippen LogP contribution is -2.13. The first-order chi connectivity index (χ1) is 11.9. The van der Waals surface area contributed by atoms with Crippen LogP contribution in [-0.2, 0) is 16.0 Å². The van der Waals surface area contributed by atoms with Crippen molar-refractivity contribution in [3.63, 3.8) is 0 Å². The molecule has 0 atom stereocenters. The van der Waals surface area contributed by atoms with Crippen molar-refractivity contribution in [2.24, 2.45) is 0 Å². The average Bonchev–Trinajstić information content (AvgIpc) is 2.57. The number of ether oxygens (including phenoxy) is 2. The molecule has 0 aromatic heterocycles. The minimum absolute atomic E-state index is 0.0367. The molecule has 0 unspecified atom stereocenters. The number of phenolic OH excluding ortho intramolecular Hbond substituents is 1. The fourth-order valence-electron chi connectivity index (χ4n) is 2.86. The Morgan fingerprint density at radius 1 is 1.12 bits per heavy atom. The van der Waals surface area contributed by atoms with E-state index in [4.69, 9.17) is 9.47 Å². The molecule has 132 valence electrons. The standard InChI is InChI=1S/C20H22O5/c1-5-15-17(14-10-8-7-9-11-14)19(25-13(4)21)12(3)16(18(15)22)20(23)24-6-2/h7-11,22H,5-6H2,1-4H3. The maximum Gasteiger partial charge on any atom is 0.342 e. The van der Waals surface area contributed by atoms with Crippen molar-refractivity contribution in [3.05, 3.63) is 47.0 Å². The van der Waals surface area contributed by atoms with Gasteiger partial charge in [0.1, 0.15) is 17.1 Å². The van der Waals surface area contributed by atoms with Crippen molar-refractivity contribution in [1.29, 1.82) is 0 Å². The molecule has 2 aromatic rings. The third-order valence-corrected chi connectivity index (χ3v) is 3.91. The van der Waals surface area contributed by atoms with Crippen LogP contribution in [0.5, 0.6) is 11.5 Å². The van der Waals surface area contributed by atoms with Crippen LogP contribution >= 0.6 is 0 Å². The third kappa shape index (κ3) is 3.65. The molecule has 0 aliphatic rings. The van der Waals surface area contributed by atoms with Crippen LogP contribution in [0.2, 0.25) is 0 Å². The van der Waals surface area contributed by atoms with Gasteiger partial charge < -0.3 is 14.6 Å². The van der Waals surface area contributed by atoms with E-state index in [1.807, 2.05) is 37.3 Å². The minimum atomic E-state index is -0.639. The van der Waals surface area contributed by atoms with E-state index in [2.05, 4.69) is 0 Å². The largest absolute Gasteiger partial charge is 0.507 e. The molecule has 2 rings (SSSR count). The second kappa shape index (κ2) is 7.83. The van der Waals surface area contributed by atoms with Crippen LogP contribution < -0.4 is 4.74 Å². The van der Waals surface area contributed by atoms with E-state index >= 15 is 0 Å². The molecule has 0 saturated heterocycles. The smallest absolute Gasteiger partial charge is 0.342 e. The lowest BCUT2D eigenvalue weighted by Gasteiger charge is -2.21. The van der Waals surface area contributed by atoms with Gasteiger partial charge in [-0.1, -0.05) is 37.3 Å². The van der Waals surface area contributed by atoms with Gasteiger partial charge in [-0.05, 0) is 25.8 Å². The summed E-state index contributed by atoms with van der Waals surface area (Å²) in [6.45, 7) is 6.68. The fourth-order valence-corrected chi connectivity index (χ4v) is 2.86. The van der Waals surface area contributed by atoms with Crippen LogP contribution in [0.25, 0.3) is 11.1 Å². The number of hydrogen-bond donors (Lipinski definition) is 1. The molecule has 0 saturated carbocycles. The van der Waals surface area contributed by atoms with Gasteiger partial charge in [0.15, 0.2) is 0 Å². The highest BCUT2D eigenvalue weighted by atomic mass is 16.5. The summed E-state index contributed by atoms with van der Waals surface area (Å²) in [4.78, 5) is 24.0. The third-order valence-electron chi connectivity index (χ3n) is 3.91. The second-order valence-electron chi connectivity index (χ2n) is 5.56. The molecule has 0 aliphatic heterocycles. The lowest BCUT2D eigenvalue weighted by atomic mass is 9.90. The van der Waals surface area contributed by atoms with Gasteiger partial charge in [0, 0.05) is 23.6 Å². The SMILES string of the molecule is CCOC(=O)c1c(C)c(OC(C)=O)c(-c2ccccc2)c(CC)c1O. The summed E-state index contributed by atoms with van der Waals surface area (Å²) in [5, 5.41) is 10.7. The molecular formula is C20H22O5. The van der Waals surface area contributed by atoms with Crippen molar-refractivity contribution >= 4 is 11.9 Å². The summed E-state index contributed by atoms with van der Waals surface area (Å²) in [6.07, 6.45) is 0.455. The van der Waals surface area contributed by atoms with Crippen LogP contribution in [0.1, 0.15) is 42.3 Å². The molecule has 0 aliphatic carbocycles. The van der Waals surface area contributed by atoms with E-state index < -0.39 is 11.9 Å². The maximum absolute atomic E-state index is 12.3. The average molecular weight is 342 g/mol. The molecule has 0 radical (unpaired) electrons. The molecule has 1 N–H and O–H groups in total. The topological polar surface area (TPSA) is 72.8 Å². The minimum Gasteiger partial charge on any atom is -0.507 e. The van der Waals surface area contributed by atoms with E-state index in [0.717, 1.165) is 5.56 Å². The molecule has 0 amide bonds. The van der Waals surface area contributed by atoms with Crippen molar-refractivity contribution < 1.29 is 24.2 Å². The Morgan fingerprint density at radius 3 is 2.28 bits per heavy atom. The number of carbonyl (C=O) groups excluding carboxylic acids is 2. The predicted octanol–water partition coefficient (Wildman–Crippen LogP) is 4.03. The van der Waals surface area contributed by atoms with E-state index in [1.54, 1.807) is 13.8 Å². The normalized spacial score (nSPS) is 10.4. The highest BCUT2D eigenvalue weighted by molar-refractivity contribution is 5.98. The van der Waals surface area contributed by atoms with Gasteiger partial charge in [-0.2, -0.15) is 0 Å². The molecule has 0 fully saturated rings. The zero-order chi connectivity index (χ0) is 18.6. The molecule has 0 spiro atoms. The van der Waals surface area contributed by atoms with Crippen LogP contribution in [0, 0.1) is 6.92 Å². The number of aromatic hydroxyl groups is 1. The van der Waals surface area contributed by atoms with E-state index in [0.29, 0.717) is 23.1 Å². The van der Waals surface area contributed by atoms with Gasteiger partial charge in [0.05, 0.1) is 6.61 Å². The van der Waals surface area contributed by atoms with Gasteiger partial charge in [-0.15, -0.1) is 0 Å². The van der Waals surface area contributed by atoms with Crippen molar-refractivity contribution in [3.8, 4) is 22.6 Å². The molecule has 25 heavy (non-hydrogen) atoms. The first-order valence-corrected chi connectivity index (χ1v) is 8.21. The summed E-state index contributed by atoms with van der Waals surface area (Å²) < 4.78 is 10.5. The Bertz CT molecular complexity index is 794. The van der Waals surface area contributed by atoms with Gasteiger partial charge in [0.25, 0.3) is 0 Å².